The molecule has 1 unspecified atom stereocenters. The van der Waals surface area contributed by atoms with Crippen LogP contribution < -0.4 is 10.1 Å². The van der Waals surface area contributed by atoms with Crippen molar-refractivity contribution in [2.24, 2.45) is 0 Å². The lowest BCUT2D eigenvalue weighted by Crippen LogP contribution is -2.53. The quantitative estimate of drug-likeness (QED) is 0.507. The van der Waals surface area contributed by atoms with Gasteiger partial charge in [0.05, 0.1) is 24.7 Å². The third-order valence-electron chi connectivity index (χ3n) is 8.13. The Balaban J connectivity index is 1.21. The van der Waals surface area contributed by atoms with E-state index in [0.29, 0.717) is 17.7 Å². The molecule has 3 heterocycles. The Kier molecular flexibility index (Phi) is 8.98. The fourth-order valence-electron chi connectivity index (χ4n) is 6.03. The SMILES string of the molecule is COc1ccc(S[C@@H]2C[C@@H](C(=O)NC3CCS(=O)(=O)C3)N(C3CCN(CCc4ccccc4)CC3)C2)cc1. The van der Waals surface area contributed by atoms with Crippen molar-refractivity contribution in [1.29, 1.82) is 0 Å². The summed E-state index contributed by atoms with van der Waals surface area (Å²) in [4.78, 5) is 19.6. The predicted octanol–water partition coefficient (Wildman–Crippen LogP) is 3.24. The maximum atomic E-state index is 13.5. The molecule has 0 bridgehead atoms. The summed E-state index contributed by atoms with van der Waals surface area (Å²) in [6.07, 6.45) is 4.46. The first-order valence-corrected chi connectivity index (χ1v) is 16.4. The molecule has 3 saturated heterocycles. The number of benzene rings is 2. The van der Waals surface area contributed by atoms with Gasteiger partial charge in [-0.05, 0) is 75.0 Å². The lowest BCUT2D eigenvalue weighted by atomic mass is 10.0. The Hall–Kier alpha value is -2.07. The number of sulfone groups is 1. The highest BCUT2D eigenvalue weighted by molar-refractivity contribution is 8.00. The number of hydrogen-bond donors (Lipinski definition) is 1. The number of carbonyl (C=O) groups excluding carboxylic acids is 1. The second-order valence-electron chi connectivity index (χ2n) is 10.8. The Morgan fingerprint density at radius 3 is 2.45 bits per heavy atom. The van der Waals surface area contributed by atoms with Crippen molar-refractivity contribution in [3.63, 3.8) is 0 Å². The summed E-state index contributed by atoms with van der Waals surface area (Å²) in [7, 11) is -1.37. The van der Waals surface area contributed by atoms with Crippen LogP contribution in [0.25, 0.3) is 0 Å². The van der Waals surface area contributed by atoms with Gasteiger partial charge in [-0.1, -0.05) is 30.3 Å². The van der Waals surface area contributed by atoms with E-state index in [4.69, 9.17) is 4.74 Å². The molecule has 2 aromatic rings. The summed E-state index contributed by atoms with van der Waals surface area (Å²) in [6.45, 7) is 4.01. The fraction of sp³-hybridized carbons (Fsp3) is 0.552. The number of methoxy groups -OCH3 is 1. The summed E-state index contributed by atoms with van der Waals surface area (Å²) in [5, 5.41) is 3.40. The van der Waals surface area contributed by atoms with Gasteiger partial charge in [-0.25, -0.2) is 8.42 Å². The van der Waals surface area contributed by atoms with Crippen LogP contribution in [-0.2, 0) is 21.1 Å². The molecule has 0 saturated carbocycles. The van der Waals surface area contributed by atoms with Crippen molar-refractivity contribution < 1.29 is 17.9 Å². The summed E-state index contributed by atoms with van der Waals surface area (Å²) in [6, 6.07) is 18.6. The van der Waals surface area contributed by atoms with Crippen LogP contribution in [-0.4, -0.2) is 92.3 Å². The standard InChI is InChI=1S/C29H39N3O4S2/c1-36-25-7-9-26(10-8-25)37-27-19-28(29(33)30-23-14-18-38(34,35)21-23)32(20-27)24-12-16-31(17-13-24)15-11-22-5-3-2-4-6-22/h2-10,23-24,27-28H,11-21H2,1H3,(H,30,33)/t23?,27-,28+/m1/s1. The van der Waals surface area contributed by atoms with Gasteiger partial charge in [-0.3, -0.25) is 9.69 Å². The average molecular weight is 558 g/mol. The summed E-state index contributed by atoms with van der Waals surface area (Å²) < 4.78 is 29.2. The van der Waals surface area contributed by atoms with Crippen LogP contribution in [0.4, 0.5) is 0 Å². The maximum Gasteiger partial charge on any atom is 0.237 e. The molecule has 206 valence electrons. The van der Waals surface area contributed by atoms with E-state index < -0.39 is 9.84 Å². The molecule has 3 atom stereocenters. The number of thioether (sulfide) groups is 1. The van der Waals surface area contributed by atoms with Gasteiger partial charge < -0.3 is 15.0 Å². The third-order valence-corrected chi connectivity index (χ3v) is 11.1. The van der Waals surface area contributed by atoms with Gasteiger partial charge in [0, 0.05) is 35.3 Å². The maximum absolute atomic E-state index is 13.5. The molecule has 1 N–H and O–H groups in total. The van der Waals surface area contributed by atoms with Crippen molar-refractivity contribution in [3.8, 4) is 5.75 Å². The van der Waals surface area contributed by atoms with Crippen LogP contribution in [0, 0.1) is 0 Å². The van der Waals surface area contributed by atoms with E-state index in [0.717, 1.165) is 57.6 Å². The van der Waals surface area contributed by atoms with E-state index in [1.54, 1.807) is 7.11 Å². The van der Waals surface area contributed by atoms with E-state index in [1.165, 1.54) is 10.5 Å². The van der Waals surface area contributed by atoms with E-state index in [2.05, 4.69) is 57.6 Å². The first-order valence-electron chi connectivity index (χ1n) is 13.7. The van der Waals surface area contributed by atoms with Crippen LogP contribution >= 0.6 is 11.8 Å². The van der Waals surface area contributed by atoms with Gasteiger partial charge in [0.1, 0.15) is 5.75 Å². The minimum atomic E-state index is -3.04. The van der Waals surface area contributed by atoms with Crippen LogP contribution in [0.2, 0.25) is 0 Å². The summed E-state index contributed by atoms with van der Waals surface area (Å²) in [5.74, 6) is 1.07. The molecule has 38 heavy (non-hydrogen) atoms. The molecule has 3 aliphatic rings. The van der Waals surface area contributed by atoms with Crippen LogP contribution in [0.15, 0.2) is 59.5 Å². The van der Waals surface area contributed by atoms with Gasteiger partial charge in [-0.2, -0.15) is 0 Å². The van der Waals surface area contributed by atoms with Crippen molar-refractivity contribution in [2.45, 2.75) is 60.4 Å². The molecule has 2 aromatic carbocycles. The van der Waals surface area contributed by atoms with Gasteiger partial charge in [0.15, 0.2) is 9.84 Å². The monoisotopic (exact) mass is 557 g/mol. The zero-order chi connectivity index (χ0) is 26.5. The van der Waals surface area contributed by atoms with E-state index in [-0.39, 0.29) is 29.5 Å². The average Bonchev–Trinajstić information content (AvgIpc) is 3.51. The Morgan fingerprint density at radius 1 is 1.05 bits per heavy atom. The first-order chi connectivity index (χ1) is 18.4. The molecule has 5 rings (SSSR count). The number of hydrogen-bond acceptors (Lipinski definition) is 7. The van der Waals surface area contributed by atoms with Crippen LogP contribution in [0.1, 0.15) is 31.2 Å². The van der Waals surface area contributed by atoms with Gasteiger partial charge in [0.2, 0.25) is 5.91 Å². The molecule has 0 aliphatic carbocycles. The zero-order valence-corrected chi connectivity index (χ0v) is 23.8. The molecule has 1 amide bonds. The van der Waals surface area contributed by atoms with Gasteiger partial charge >= 0.3 is 0 Å². The van der Waals surface area contributed by atoms with Crippen molar-refractivity contribution in [3.05, 3.63) is 60.2 Å². The number of ether oxygens (including phenoxy) is 1. The highest BCUT2D eigenvalue weighted by Crippen LogP contribution is 2.36. The van der Waals surface area contributed by atoms with E-state index in [9.17, 15) is 13.2 Å². The Labute approximate surface area is 231 Å². The minimum Gasteiger partial charge on any atom is -0.497 e. The second kappa shape index (κ2) is 12.4. The molecule has 9 heteroatoms. The zero-order valence-electron chi connectivity index (χ0n) is 22.1. The molecule has 0 spiro atoms. The van der Waals surface area contributed by atoms with Crippen molar-refractivity contribution in [2.75, 3.05) is 44.8 Å². The number of nitrogens with zero attached hydrogens (tertiary/aromatic N) is 2. The summed E-state index contributed by atoms with van der Waals surface area (Å²) in [5.41, 5.74) is 1.37. The topological polar surface area (TPSA) is 78.9 Å². The Morgan fingerprint density at radius 2 is 1.79 bits per heavy atom. The number of rotatable bonds is 9. The van der Waals surface area contributed by atoms with Gasteiger partial charge in [-0.15, -0.1) is 11.8 Å². The first kappa shape index (κ1) is 27.5. The fourth-order valence-corrected chi connectivity index (χ4v) is 8.90. The molecular weight excluding hydrogens is 518 g/mol. The van der Waals surface area contributed by atoms with Crippen LogP contribution in [0.3, 0.4) is 0 Å². The van der Waals surface area contributed by atoms with Gasteiger partial charge in [0.25, 0.3) is 0 Å². The predicted molar refractivity (Wildman–Crippen MR) is 153 cm³/mol. The summed E-state index contributed by atoms with van der Waals surface area (Å²) >= 11 is 1.82. The molecular formula is C29H39N3O4S2. The molecule has 0 radical (unpaired) electrons. The van der Waals surface area contributed by atoms with E-state index in [1.807, 2.05) is 23.9 Å². The molecule has 3 fully saturated rings. The minimum absolute atomic E-state index is 0.00330. The number of carbonyl (C=O) groups is 1. The van der Waals surface area contributed by atoms with Crippen LogP contribution in [0.5, 0.6) is 5.75 Å². The lowest BCUT2D eigenvalue weighted by Gasteiger charge is -2.39. The molecule has 0 aromatic heterocycles. The van der Waals surface area contributed by atoms with Crippen molar-refractivity contribution >= 4 is 27.5 Å². The van der Waals surface area contributed by atoms with E-state index >= 15 is 0 Å². The third kappa shape index (κ3) is 7.11. The number of amides is 1. The number of nitrogens with one attached hydrogen (secondary N) is 1. The van der Waals surface area contributed by atoms with Crippen molar-refractivity contribution in [1.82, 2.24) is 15.1 Å². The number of likely N-dealkylation sites (tertiary alicyclic amines) is 2. The smallest absolute Gasteiger partial charge is 0.237 e. The Bertz CT molecular complexity index is 1170. The molecule has 3 aliphatic heterocycles. The lowest BCUT2D eigenvalue weighted by molar-refractivity contribution is -0.127. The normalized spacial score (nSPS) is 26.4. The highest BCUT2D eigenvalue weighted by atomic mass is 32.2. The second-order valence-corrected chi connectivity index (χ2v) is 14.4. The molecule has 7 nitrogen and oxygen atoms in total. The number of piperidine rings is 1. The highest BCUT2D eigenvalue weighted by Gasteiger charge is 2.42. The largest absolute Gasteiger partial charge is 0.497 e.